The molecule has 1 aliphatic heterocycles. The topological polar surface area (TPSA) is 70.2 Å². The molecule has 2 amide bonds. The van der Waals surface area contributed by atoms with Gasteiger partial charge in [0.15, 0.2) is 0 Å². The molecule has 3 N–H and O–H groups in total. The maximum absolute atomic E-state index is 12.0. The molecule has 2 fully saturated rings. The van der Waals surface area contributed by atoms with Crippen LogP contribution in [-0.2, 0) is 9.59 Å². The van der Waals surface area contributed by atoms with Crippen LogP contribution in [0, 0.1) is 0 Å². The van der Waals surface area contributed by atoms with Gasteiger partial charge in [-0.25, -0.2) is 0 Å². The van der Waals surface area contributed by atoms with E-state index in [1.54, 1.807) is 0 Å². The first-order valence-electron chi connectivity index (χ1n) is 7.52. The van der Waals surface area contributed by atoms with Crippen LogP contribution >= 0.6 is 0 Å². The van der Waals surface area contributed by atoms with Crippen LogP contribution in [0.3, 0.4) is 0 Å². The predicted octanol–water partition coefficient (Wildman–Crippen LogP) is 0.692. The van der Waals surface area contributed by atoms with Crippen LogP contribution in [0.25, 0.3) is 0 Å². The maximum Gasteiger partial charge on any atom is 0.237 e. The minimum atomic E-state index is -0.0640. The number of carbonyl (C=O) groups excluding carboxylic acids is 2. The second-order valence-electron chi connectivity index (χ2n) is 5.69. The van der Waals surface area contributed by atoms with Crippen molar-refractivity contribution in [1.29, 1.82) is 0 Å². The van der Waals surface area contributed by atoms with Crippen molar-refractivity contribution in [2.24, 2.45) is 0 Å². The number of hydrogen-bond acceptors (Lipinski definition) is 3. The van der Waals surface area contributed by atoms with Crippen LogP contribution in [0.1, 0.15) is 51.9 Å². The van der Waals surface area contributed by atoms with Gasteiger partial charge in [0, 0.05) is 18.5 Å². The Hall–Kier alpha value is -1.10. The SMILES string of the molecule is CCC[C@@H](CC(=O)NC1CC1)NC(=O)C1CCCN1. The van der Waals surface area contributed by atoms with E-state index in [-0.39, 0.29) is 23.9 Å². The lowest BCUT2D eigenvalue weighted by Crippen LogP contribution is -2.46. The summed E-state index contributed by atoms with van der Waals surface area (Å²) in [6, 6.07) is 0.298. The first kappa shape index (κ1) is 14.3. The summed E-state index contributed by atoms with van der Waals surface area (Å²) in [5, 5.41) is 9.19. The van der Waals surface area contributed by atoms with Gasteiger partial charge in [-0.2, -0.15) is 0 Å². The summed E-state index contributed by atoms with van der Waals surface area (Å²) < 4.78 is 0. The van der Waals surface area contributed by atoms with E-state index in [9.17, 15) is 9.59 Å². The Labute approximate surface area is 114 Å². The first-order chi connectivity index (χ1) is 9.19. The van der Waals surface area contributed by atoms with E-state index >= 15 is 0 Å². The summed E-state index contributed by atoms with van der Waals surface area (Å²) in [5.41, 5.74) is 0. The van der Waals surface area contributed by atoms with Crippen molar-refractivity contribution in [1.82, 2.24) is 16.0 Å². The van der Waals surface area contributed by atoms with Crippen LogP contribution < -0.4 is 16.0 Å². The molecule has 1 saturated heterocycles. The Morgan fingerprint density at radius 1 is 1.32 bits per heavy atom. The minimum absolute atomic E-state index is 0.0290. The van der Waals surface area contributed by atoms with Crippen molar-refractivity contribution >= 4 is 11.8 Å². The fourth-order valence-corrected chi connectivity index (χ4v) is 2.52. The van der Waals surface area contributed by atoms with E-state index < -0.39 is 0 Å². The van der Waals surface area contributed by atoms with Crippen molar-refractivity contribution in [2.45, 2.75) is 70.0 Å². The van der Waals surface area contributed by atoms with Crippen molar-refractivity contribution in [3.63, 3.8) is 0 Å². The van der Waals surface area contributed by atoms with Gasteiger partial charge < -0.3 is 16.0 Å². The molecule has 5 heteroatoms. The highest BCUT2D eigenvalue weighted by Crippen LogP contribution is 2.19. The summed E-state index contributed by atoms with van der Waals surface area (Å²) in [6.45, 7) is 2.99. The number of hydrogen-bond donors (Lipinski definition) is 3. The molecular weight excluding hydrogens is 242 g/mol. The average Bonchev–Trinajstić information content (AvgIpc) is 2.99. The van der Waals surface area contributed by atoms with E-state index in [1.165, 1.54) is 0 Å². The van der Waals surface area contributed by atoms with E-state index in [2.05, 4.69) is 22.9 Å². The zero-order valence-corrected chi connectivity index (χ0v) is 11.7. The summed E-state index contributed by atoms with van der Waals surface area (Å²) >= 11 is 0. The van der Waals surface area contributed by atoms with Gasteiger partial charge in [0.1, 0.15) is 0 Å². The molecule has 2 atom stereocenters. The quantitative estimate of drug-likeness (QED) is 0.635. The average molecular weight is 267 g/mol. The molecule has 2 rings (SSSR count). The monoisotopic (exact) mass is 267 g/mol. The molecule has 0 aromatic heterocycles. The Morgan fingerprint density at radius 2 is 2.11 bits per heavy atom. The molecule has 0 spiro atoms. The standard InChI is InChI=1S/C14H25N3O2/c1-2-4-11(9-13(18)16-10-6-7-10)17-14(19)12-5-3-8-15-12/h10-12,15H,2-9H2,1H3,(H,16,18)(H,17,19)/t11-,12?/m0/s1. The van der Waals surface area contributed by atoms with Gasteiger partial charge in [-0.1, -0.05) is 13.3 Å². The summed E-state index contributed by atoms with van der Waals surface area (Å²) in [5.74, 6) is 0.121. The molecule has 5 nitrogen and oxygen atoms in total. The third-order valence-corrected chi connectivity index (χ3v) is 3.73. The van der Waals surface area contributed by atoms with E-state index in [0.29, 0.717) is 12.5 Å². The van der Waals surface area contributed by atoms with Crippen molar-refractivity contribution in [2.75, 3.05) is 6.54 Å². The van der Waals surface area contributed by atoms with Crippen molar-refractivity contribution in [3.8, 4) is 0 Å². The van der Waals surface area contributed by atoms with Crippen molar-refractivity contribution in [3.05, 3.63) is 0 Å². The Bertz CT molecular complexity index is 323. The van der Waals surface area contributed by atoms with Crippen LogP contribution in [0.5, 0.6) is 0 Å². The van der Waals surface area contributed by atoms with Crippen LogP contribution in [0.15, 0.2) is 0 Å². The minimum Gasteiger partial charge on any atom is -0.353 e. The predicted molar refractivity (Wildman–Crippen MR) is 73.6 cm³/mol. The highest BCUT2D eigenvalue weighted by Gasteiger charge is 2.27. The molecule has 0 aromatic carbocycles. The molecule has 1 aliphatic carbocycles. The number of nitrogens with one attached hydrogen (secondary N) is 3. The first-order valence-corrected chi connectivity index (χ1v) is 7.52. The smallest absolute Gasteiger partial charge is 0.237 e. The van der Waals surface area contributed by atoms with E-state index in [1.807, 2.05) is 0 Å². The van der Waals surface area contributed by atoms with E-state index in [0.717, 1.165) is 45.1 Å². The van der Waals surface area contributed by atoms with Gasteiger partial charge in [-0.3, -0.25) is 9.59 Å². The molecule has 108 valence electrons. The Kier molecular flexibility index (Phi) is 5.19. The molecule has 1 saturated carbocycles. The lowest BCUT2D eigenvalue weighted by Gasteiger charge is -2.20. The van der Waals surface area contributed by atoms with Gasteiger partial charge >= 0.3 is 0 Å². The van der Waals surface area contributed by atoms with Gasteiger partial charge in [0.25, 0.3) is 0 Å². The largest absolute Gasteiger partial charge is 0.353 e. The zero-order chi connectivity index (χ0) is 13.7. The van der Waals surface area contributed by atoms with Gasteiger partial charge in [-0.05, 0) is 38.6 Å². The van der Waals surface area contributed by atoms with Gasteiger partial charge in [0.2, 0.25) is 11.8 Å². The molecular formula is C14H25N3O2. The van der Waals surface area contributed by atoms with Crippen LogP contribution in [0.4, 0.5) is 0 Å². The highest BCUT2D eigenvalue weighted by molar-refractivity contribution is 5.83. The Balaban J connectivity index is 1.76. The lowest BCUT2D eigenvalue weighted by molar-refractivity contribution is -0.124. The number of carbonyl (C=O) groups is 2. The van der Waals surface area contributed by atoms with Gasteiger partial charge in [-0.15, -0.1) is 0 Å². The molecule has 19 heavy (non-hydrogen) atoms. The molecule has 0 aromatic rings. The molecule has 0 radical (unpaired) electrons. The molecule has 0 bridgehead atoms. The molecule has 1 unspecified atom stereocenters. The van der Waals surface area contributed by atoms with Crippen molar-refractivity contribution < 1.29 is 9.59 Å². The third kappa shape index (κ3) is 4.82. The summed E-state index contributed by atoms with van der Waals surface area (Å²) in [4.78, 5) is 23.8. The zero-order valence-electron chi connectivity index (χ0n) is 11.7. The summed E-state index contributed by atoms with van der Waals surface area (Å²) in [6.07, 6.45) is 6.39. The summed E-state index contributed by atoms with van der Waals surface area (Å²) in [7, 11) is 0. The van der Waals surface area contributed by atoms with E-state index in [4.69, 9.17) is 0 Å². The van der Waals surface area contributed by atoms with Crippen LogP contribution in [-0.4, -0.2) is 36.5 Å². The fraction of sp³-hybridized carbons (Fsp3) is 0.857. The number of rotatable bonds is 7. The Morgan fingerprint density at radius 3 is 2.68 bits per heavy atom. The molecule has 2 aliphatic rings. The molecule has 1 heterocycles. The maximum atomic E-state index is 12.0. The third-order valence-electron chi connectivity index (χ3n) is 3.73. The normalized spacial score (nSPS) is 23.9. The number of amides is 2. The van der Waals surface area contributed by atoms with Crippen LogP contribution in [0.2, 0.25) is 0 Å². The second-order valence-corrected chi connectivity index (χ2v) is 5.69. The fourth-order valence-electron chi connectivity index (χ4n) is 2.52. The van der Waals surface area contributed by atoms with Gasteiger partial charge in [0.05, 0.1) is 6.04 Å². The highest BCUT2D eigenvalue weighted by atomic mass is 16.2. The second kappa shape index (κ2) is 6.89. The lowest BCUT2D eigenvalue weighted by atomic mass is 10.1.